The van der Waals surface area contributed by atoms with Crippen molar-refractivity contribution in [2.75, 3.05) is 0 Å². The maximum atomic E-state index is 13.2. The highest BCUT2D eigenvalue weighted by Gasteiger charge is 2.10. The molecular weight excluding hydrogens is 265 g/mol. The Kier molecular flexibility index (Phi) is 3.01. The first-order valence-electron chi connectivity index (χ1n) is 5.65. The highest BCUT2D eigenvalue weighted by molar-refractivity contribution is 6.30. The van der Waals surface area contributed by atoms with Crippen molar-refractivity contribution in [3.63, 3.8) is 0 Å². The molecule has 0 saturated carbocycles. The van der Waals surface area contributed by atoms with Crippen molar-refractivity contribution in [3.8, 4) is 22.4 Å². The molecule has 1 N–H and O–H groups in total. The van der Waals surface area contributed by atoms with Crippen LogP contribution >= 0.6 is 11.6 Å². The van der Waals surface area contributed by atoms with Crippen molar-refractivity contribution < 1.29 is 4.39 Å². The van der Waals surface area contributed by atoms with Crippen LogP contribution in [0.25, 0.3) is 22.4 Å². The molecule has 2 heterocycles. The van der Waals surface area contributed by atoms with Crippen molar-refractivity contribution in [1.29, 1.82) is 0 Å². The Morgan fingerprint density at radius 2 is 1.84 bits per heavy atom. The van der Waals surface area contributed by atoms with Gasteiger partial charge in [0, 0.05) is 28.4 Å². The summed E-state index contributed by atoms with van der Waals surface area (Å²) in [6.07, 6.45) is 3.10. The second-order valence-corrected chi connectivity index (χ2v) is 4.47. The first kappa shape index (κ1) is 11.9. The Bertz CT molecular complexity index is 707. The molecule has 0 aliphatic carbocycles. The number of aromatic nitrogens is 3. The van der Waals surface area contributed by atoms with Gasteiger partial charge in [0.1, 0.15) is 0 Å². The third-order valence-corrected chi connectivity index (χ3v) is 3.06. The number of hydrogen-bond donors (Lipinski definition) is 1. The predicted octanol–water partition coefficient (Wildman–Crippen LogP) is 3.93. The van der Waals surface area contributed by atoms with Gasteiger partial charge in [0.05, 0.1) is 11.9 Å². The number of H-pyrrole nitrogens is 1. The third-order valence-electron chi connectivity index (χ3n) is 2.81. The Labute approximate surface area is 114 Å². The summed E-state index contributed by atoms with van der Waals surface area (Å²) < 4.78 is 13.2. The van der Waals surface area contributed by atoms with Gasteiger partial charge in [0.25, 0.3) is 0 Å². The lowest BCUT2D eigenvalue weighted by Gasteiger charge is -2.03. The van der Waals surface area contributed by atoms with Crippen molar-refractivity contribution >= 4 is 11.6 Å². The number of benzene rings is 1. The van der Waals surface area contributed by atoms with Gasteiger partial charge in [0.2, 0.25) is 5.95 Å². The van der Waals surface area contributed by atoms with Gasteiger partial charge in [-0.2, -0.15) is 9.49 Å². The van der Waals surface area contributed by atoms with E-state index in [0.29, 0.717) is 5.02 Å². The molecule has 2 aromatic heterocycles. The van der Waals surface area contributed by atoms with E-state index < -0.39 is 5.95 Å². The number of nitrogens with zero attached hydrogens (tertiary/aromatic N) is 2. The first-order chi connectivity index (χ1) is 9.24. The van der Waals surface area contributed by atoms with Crippen LogP contribution in [0.15, 0.2) is 48.8 Å². The van der Waals surface area contributed by atoms with Crippen LogP contribution in [0, 0.1) is 5.95 Å². The van der Waals surface area contributed by atoms with E-state index >= 15 is 0 Å². The molecule has 19 heavy (non-hydrogen) atoms. The van der Waals surface area contributed by atoms with Crippen molar-refractivity contribution in [2.45, 2.75) is 0 Å². The van der Waals surface area contributed by atoms with Crippen LogP contribution in [0.5, 0.6) is 0 Å². The summed E-state index contributed by atoms with van der Waals surface area (Å²) in [6.45, 7) is 0. The van der Waals surface area contributed by atoms with E-state index in [2.05, 4.69) is 15.2 Å². The van der Waals surface area contributed by atoms with Crippen LogP contribution < -0.4 is 0 Å². The molecule has 3 aromatic rings. The van der Waals surface area contributed by atoms with E-state index in [1.54, 1.807) is 24.4 Å². The molecule has 5 heteroatoms. The van der Waals surface area contributed by atoms with Gasteiger partial charge in [-0.3, -0.25) is 5.10 Å². The summed E-state index contributed by atoms with van der Waals surface area (Å²) in [5, 5.41) is 7.62. The minimum Gasteiger partial charge on any atom is -0.277 e. The zero-order valence-electron chi connectivity index (χ0n) is 9.77. The quantitative estimate of drug-likeness (QED) is 0.719. The molecule has 0 aliphatic heterocycles. The zero-order valence-corrected chi connectivity index (χ0v) is 10.5. The van der Waals surface area contributed by atoms with E-state index in [1.165, 1.54) is 12.3 Å². The Morgan fingerprint density at radius 3 is 2.58 bits per heavy atom. The summed E-state index contributed by atoms with van der Waals surface area (Å²) in [6, 6.07) is 10.5. The van der Waals surface area contributed by atoms with E-state index in [1.807, 2.05) is 12.1 Å². The number of rotatable bonds is 2. The highest BCUT2D eigenvalue weighted by Crippen LogP contribution is 2.30. The number of pyridine rings is 1. The van der Waals surface area contributed by atoms with Crippen LogP contribution in [0.4, 0.5) is 4.39 Å². The summed E-state index contributed by atoms with van der Waals surface area (Å²) in [5.74, 6) is -0.513. The second kappa shape index (κ2) is 4.82. The van der Waals surface area contributed by atoms with E-state index in [-0.39, 0.29) is 0 Å². The Morgan fingerprint density at radius 1 is 1.05 bits per heavy atom. The van der Waals surface area contributed by atoms with Gasteiger partial charge in [-0.1, -0.05) is 23.7 Å². The van der Waals surface area contributed by atoms with Gasteiger partial charge in [0.15, 0.2) is 0 Å². The maximum Gasteiger partial charge on any atom is 0.213 e. The van der Waals surface area contributed by atoms with Crippen LogP contribution in [0.1, 0.15) is 0 Å². The number of hydrogen-bond acceptors (Lipinski definition) is 2. The molecule has 0 amide bonds. The Balaban J connectivity index is 2.10. The van der Waals surface area contributed by atoms with Gasteiger partial charge in [-0.05, 0) is 23.8 Å². The van der Waals surface area contributed by atoms with Gasteiger partial charge >= 0.3 is 0 Å². The molecule has 0 saturated heterocycles. The smallest absolute Gasteiger partial charge is 0.213 e. The van der Waals surface area contributed by atoms with E-state index in [9.17, 15) is 4.39 Å². The Hall–Kier alpha value is -2.20. The lowest BCUT2D eigenvalue weighted by atomic mass is 10.0. The SMILES string of the molecule is Fc1cc(-c2cn[nH]c2-c2ccc(Cl)cc2)ccn1. The largest absolute Gasteiger partial charge is 0.277 e. The zero-order chi connectivity index (χ0) is 13.2. The van der Waals surface area contributed by atoms with Crippen LogP contribution in [-0.2, 0) is 0 Å². The van der Waals surface area contributed by atoms with Gasteiger partial charge < -0.3 is 0 Å². The summed E-state index contributed by atoms with van der Waals surface area (Å²) in [7, 11) is 0. The van der Waals surface area contributed by atoms with Crippen molar-refractivity contribution in [2.24, 2.45) is 0 Å². The fourth-order valence-electron chi connectivity index (χ4n) is 1.91. The number of halogens is 2. The highest BCUT2D eigenvalue weighted by atomic mass is 35.5. The molecule has 0 aliphatic rings. The minimum atomic E-state index is -0.513. The summed E-state index contributed by atoms with van der Waals surface area (Å²) in [4.78, 5) is 3.55. The van der Waals surface area contributed by atoms with E-state index in [4.69, 9.17) is 11.6 Å². The second-order valence-electron chi connectivity index (χ2n) is 4.03. The lowest BCUT2D eigenvalue weighted by molar-refractivity contribution is 0.584. The van der Waals surface area contributed by atoms with E-state index in [0.717, 1.165) is 22.4 Å². The number of aromatic amines is 1. The van der Waals surface area contributed by atoms with Crippen LogP contribution in [0.2, 0.25) is 5.02 Å². The third kappa shape index (κ3) is 2.35. The molecule has 0 fully saturated rings. The molecule has 0 spiro atoms. The molecule has 3 rings (SSSR count). The standard InChI is InChI=1S/C14H9ClFN3/c15-11-3-1-9(2-4-11)14-12(8-18-19-14)10-5-6-17-13(16)7-10/h1-8H,(H,18,19). The van der Waals surface area contributed by atoms with Crippen LogP contribution in [-0.4, -0.2) is 15.2 Å². The minimum absolute atomic E-state index is 0.513. The van der Waals surface area contributed by atoms with Gasteiger partial charge in [-0.25, -0.2) is 4.98 Å². The molecule has 0 unspecified atom stereocenters. The molecule has 3 nitrogen and oxygen atoms in total. The molecular formula is C14H9ClFN3. The average molecular weight is 274 g/mol. The molecule has 0 bridgehead atoms. The predicted molar refractivity (Wildman–Crippen MR) is 72.2 cm³/mol. The molecule has 1 aromatic carbocycles. The van der Waals surface area contributed by atoms with Crippen molar-refractivity contribution in [1.82, 2.24) is 15.2 Å². The van der Waals surface area contributed by atoms with Crippen molar-refractivity contribution in [3.05, 3.63) is 59.8 Å². The molecule has 0 radical (unpaired) electrons. The molecule has 0 atom stereocenters. The van der Waals surface area contributed by atoms with Crippen LogP contribution in [0.3, 0.4) is 0 Å². The topological polar surface area (TPSA) is 41.6 Å². The first-order valence-corrected chi connectivity index (χ1v) is 6.03. The number of nitrogens with one attached hydrogen (secondary N) is 1. The monoisotopic (exact) mass is 273 g/mol. The fourth-order valence-corrected chi connectivity index (χ4v) is 2.04. The average Bonchev–Trinajstić information content (AvgIpc) is 2.89. The fraction of sp³-hybridized carbons (Fsp3) is 0. The summed E-state index contributed by atoms with van der Waals surface area (Å²) in [5.41, 5.74) is 3.31. The van der Waals surface area contributed by atoms with Gasteiger partial charge in [-0.15, -0.1) is 0 Å². The maximum absolute atomic E-state index is 13.2. The molecule has 94 valence electrons. The summed E-state index contributed by atoms with van der Waals surface area (Å²) >= 11 is 5.87. The lowest BCUT2D eigenvalue weighted by Crippen LogP contribution is -1.85. The normalized spacial score (nSPS) is 10.6.